The van der Waals surface area contributed by atoms with Crippen molar-refractivity contribution in [2.24, 2.45) is 0 Å². The molecule has 0 radical (unpaired) electrons. The van der Waals surface area contributed by atoms with Crippen molar-refractivity contribution in [1.82, 2.24) is 0 Å². The number of alkyl halides is 7. The molecule has 19 heavy (non-hydrogen) atoms. The van der Waals surface area contributed by atoms with Gasteiger partial charge in [0.25, 0.3) is 0 Å². The topological polar surface area (TPSA) is 9.23 Å². The lowest BCUT2D eigenvalue weighted by atomic mass is 9.98. The minimum atomic E-state index is -5.42. The maximum Gasteiger partial charge on any atom is 0.423 e. The van der Waals surface area contributed by atoms with Crippen molar-refractivity contribution in [2.75, 3.05) is 0 Å². The highest BCUT2D eigenvalue weighted by Gasteiger charge is 2.59. The van der Waals surface area contributed by atoms with Crippen LogP contribution in [0.5, 0.6) is 0 Å². The molecule has 1 saturated carbocycles. The van der Waals surface area contributed by atoms with Crippen molar-refractivity contribution in [1.29, 1.82) is 0 Å². The molecular formula is C11H15F6IO. The average Bonchev–Trinajstić information content (AvgIpc) is 2.19. The number of rotatable bonds is 2. The molecule has 0 aromatic carbocycles. The molecule has 0 bridgehead atoms. The van der Waals surface area contributed by atoms with Crippen LogP contribution >= 0.6 is 22.6 Å². The van der Waals surface area contributed by atoms with Gasteiger partial charge in [-0.25, -0.2) is 0 Å². The molecule has 1 aliphatic rings. The van der Waals surface area contributed by atoms with Crippen molar-refractivity contribution in [3.8, 4) is 0 Å². The summed E-state index contributed by atoms with van der Waals surface area (Å²) >= 11 is 1.89. The van der Waals surface area contributed by atoms with Crippen LogP contribution in [-0.2, 0) is 4.74 Å². The van der Waals surface area contributed by atoms with Crippen LogP contribution in [0.4, 0.5) is 26.3 Å². The Bertz CT molecular complexity index is 263. The first-order valence-electron chi connectivity index (χ1n) is 6.05. The molecule has 0 amide bonds. The Hall–Kier alpha value is 0.270. The lowest BCUT2D eigenvalue weighted by Crippen LogP contribution is -2.48. The highest BCUT2D eigenvalue weighted by Crippen LogP contribution is 2.38. The molecule has 0 N–H and O–H groups in total. The number of ether oxygens (including phenoxy) is 1. The highest BCUT2D eigenvalue weighted by atomic mass is 127. The Kier molecular flexibility index (Phi) is 6.22. The summed E-state index contributed by atoms with van der Waals surface area (Å²) < 4.78 is 78.7. The van der Waals surface area contributed by atoms with Crippen LogP contribution in [0.2, 0.25) is 0 Å². The van der Waals surface area contributed by atoms with Crippen LogP contribution in [0.1, 0.15) is 38.5 Å². The third-order valence-corrected chi connectivity index (χ3v) is 4.45. The molecule has 0 aliphatic heterocycles. The van der Waals surface area contributed by atoms with Crippen LogP contribution in [0.15, 0.2) is 0 Å². The zero-order chi connectivity index (χ0) is 14.7. The molecule has 1 fully saturated rings. The Labute approximate surface area is 121 Å². The van der Waals surface area contributed by atoms with Gasteiger partial charge in [-0.3, -0.25) is 0 Å². The van der Waals surface area contributed by atoms with E-state index in [9.17, 15) is 26.3 Å². The summed E-state index contributed by atoms with van der Waals surface area (Å²) in [5, 5.41) is 0. The van der Waals surface area contributed by atoms with Crippen molar-refractivity contribution in [3.05, 3.63) is 0 Å². The quantitative estimate of drug-likeness (QED) is 0.357. The summed E-state index contributed by atoms with van der Waals surface area (Å²) in [6.07, 6.45) is -11.5. The van der Waals surface area contributed by atoms with E-state index in [0.29, 0.717) is 12.8 Å². The van der Waals surface area contributed by atoms with Gasteiger partial charge < -0.3 is 4.74 Å². The Morgan fingerprint density at radius 1 is 0.842 bits per heavy atom. The second kappa shape index (κ2) is 6.82. The molecule has 1 nitrogen and oxygen atoms in total. The van der Waals surface area contributed by atoms with Crippen LogP contribution in [0.25, 0.3) is 0 Å². The van der Waals surface area contributed by atoms with Crippen molar-refractivity contribution in [3.63, 3.8) is 0 Å². The van der Waals surface area contributed by atoms with E-state index in [0.717, 1.165) is 19.3 Å². The fourth-order valence-corrected chi connectivity index (χ4v) is 3.04. The molecular weight excluding hydrogens is 389 g/mol. The summed E-state index contributed by atoms with van der Waals surface area (Å²) in [7, 11) is 0. The minimum Gasteiger partial charge on any atom is -0.356 e. The van der Waals surface area contributed by atoms with E-state index < -0.39 is 24.6 Å². The third-order valence-electron chi connectivity index (χ3n) is 3.03. The SMILES string of the molecule is FC(F)(F)C(OC1CCCCCCC1I)C(F)(F)F. The van der Waals surface area contributed by atoms with E-state index in [2.05, 4.69) is 4.74 Å². The summed E-state index contributed by atoms with van der Waals surface area (Å²) in [5.74, 6) is 0. The van der Waals surface area contributed by atoms with Gasteiger partial charge in [0, 0.05) is 3.92 Å². The predicted octanol–water partition coefficient (Wildman–Crippen LogP) is 5.02. The first-order valence-corrected chi connectivity index (χ1v) is 7.30. The number of halogens is 7. The van der Waals surface area contributed by atoms with Gasteiger partial charge in [-0.15, -0.1) is 0 Å². The summed E-state index contributed by atoms with van der Waals surface area (Å²) in [6, 6.07) is 0. The van der Waals surface area contributed by atoms with Gasteiger partial charge in [0.15, 0.2) is 0 Å². The van der Waals surface area contributed by atoms with Crippen LogP contribution < -0.4 is 0 Å². The van der Waals surface area contributed by atoms with Crippen LogP contribution in [0.3, 0.4) is 0 Å². The number of hydrogen-bond donors (Lipinski definition) is 0. The van der Waals surface area contributed by atoms with Gasteiger partial charge in [0.05, 0.1) is 6.10 Å². The van der Waals surface area contributed by atoms with Crippen molar-refractivity contribution >= 4 is 22.6 Å². The monoisotopic (exact) mass is 404 g/mol. The zero-order valence-electron chi connectivity index (χ0n) is 10.0. The summed E-state index contributed by atoms with van der Waals surface area (Å²) in [6.45, 7) is 0. The van der Waals surface area contributed by atoms with Gasteiger partial charge in [-0.05, 0) is 12.8 Å². The van der Waals surface area contributed by atoms with E-state index in [4.69, 9.17) is 0 Å². The van der Waals surface area contributed by atoms with Gasteiger partial charge in [0.2, 0.25) is 6.10 Å². The molecule has 114 valence electrons. The maximum atomic E-state index is 12.4. The average molecular weight is 404 g/mol. The van der Waals surface area contributed by atoms with Crippen molar-refractivity contribution in [2.45, 2.75) is 67.0 Å². The predicted molar refractivity (Wildman–Crippen MR) is 66.3 cm³/mol. The zero-order valence-corrected chi connectivity index (χ0v) is 12.2. The molecule has 2 atom stereocenters. The molecule has 0 heterocycles. The van der Waals surface area contributed by atoms with E-state index in [1.807, 2.05) is 22.6 Å². The first kappa shape index (κ1) is 17.3. The van der Waals surface area contributed by atoms with Gasteiger partial charge in [-0.1, -0.05) is 48.3 Å². The highest BCUT2D eigenvalue weighted by molar-refractivity contribution is 14.1. The third kappa shape index (κ3) is 5.65. The van der Waals surface area contributed by atoms with Gasteiger partial charge >= 0.3 is 12.4 Å². The lowest BCUT2D eigenvalue weighted by molar-refractivity contribution is -0.331. The Morgan fingerprint density at radius 2 is 1.32 bits per heavy atom. The normalized spacial score (nSPS) is 27.2. The second-order valence-electron chi connectivity index (χ2n) is 4.65. The van der Waals surface area contributed by atoms with Gasteiger partial charge in [-0.2, -0.15) is 26.3 Å². The fraction of sp³-hybridized carbons (Fsp3) is 1.00. The minimum absolute atomic E-state index is 0.246. The molecule has 0 saturated heterocycles. The van der Waals surface area contributed by atoms with Crippen molar-refractivity contribution < 1.29 is 31.1 Å². The second-order valence-corrected chi connectivity index (χ2v) is 6.25. The van der Waals surface area contributed by atoms with E-state index in [-0.39, 0.29) is 10.3 Å². The lowest BCUT2D eigenvalue weighted by Gasteiger charge is -2.31. The molecule has 1 aliphatic carbocycles. The molecule has 1 rings (SSSR count). The van der Waals surface area contributed by atoms with Crippen LogP contribution in [-0.4, -0.2) is 28.5 Å². The summed E-state index contributed by atoms with van der Waals surface area (Å²) in [4.78, 5) is 0. The maximum absolute atomic E-state index is 12.4. The van der Waals surface area contributed by atoms with E-state index in [1.165, 1.54) is 0 Å². The van der Waals surface area contributed by atoms with E-state index >= 15 is 0 Å². The molecule has 2 unspecified atom stereocenters. The van der Waals surface area contributed by atoms with E-state index in [1.54, 1.807) is 0 Å². The Morgan fingerprint density at radius 3 is 1.79 bits per heavy atom. The number of hydrogen-bond acceptors (Lipinski definition) is 1. The first-order chi connectivity index (χ1) is 8.62. The molecule has 0 spiro atoms. The molecule has 8 heteroatoms. The largest absolute Gasteiger partial charge is 0.423 e. The molecule has 0 aromatic rings. The fourth-order valence-electron chi connectivity index (χ4n) is 2.07. The molecule has 0 aromatic heterocycles. The standard InChI is InChI=1S/C11H15F6IO/c12-10(13,14)9(11(15,16)17)19-8-6-4-2-1-3-5-7(8)18/h7-9H,1-6H2. The Balaban J connectivity index is 2.76. The van der Waals surface area contributed by atoms with Crippen LogP contribution in [0, 0.1) is 0 Å². The summed E-state index contributed by atoms with van der Waals surface area (Å²) in [5.41, 5.74) is 0. The van der Waals surface area contributed by atoms with Gasteiger partial charge in [0.1, 0.15) is 0 Å². The smallest absolute Gasteiger partial charge is 0.356 e.